The molecule has 1 aliphatic carbocycles. The van der Waals surface area contributed by atoms with Gasteiger partial charge in [-0.1, -0.05) is 26.7 Å². The predicted octanol–water partition coefficient (Wildman–Crippen LogP) is 3.66. The van der Waals surface area contributed by atoms with Crippen molar-refractivity contribution in [1.82, 2.24) is 10.2 Å². The van der Waals surface area contributed by atoms with Crippen LogP contribution in [-0.2, 0) is 0 Å². The number of rotatable bonds is 4. The average molecular weight is 266 g/mol. The summed E-state index contributed by atoms with van der Waals surface area (Å²) in [7, 11) is 2.12. The van der Waals surface area contributed by atoms with Gasteiger partial charge in [0.1, 0.15) is 0 Å². The van der Waals surface area contributed by atoms with E-state index in [1.807, 2.05) is 0 Å². The highest BCUT2D eigenvalue weighted by atomic mass is 15.2. The molecule has 0 aromatic heterocycles. The molecule has 2 heteroatoms. The zero-order chi connectivity index (χ0) is 13.8. The van der Waals surface area contributed by atoms with Gasteiger partial charge in [-0.25, -0.2) is 0 Å². The minimum Gasteiger partial charge on any atom is -0.317 e. The second kappa shape index (κ2) is 7.08. The van der Waals surface area contributed by atoms with Gasteiger partial charge >= 0.3 is 0 Å². The summed E-state index contributed by atoms with van der Waals surface area (Å²) in [4.78, 5) is 2.83. The highest BCUT2D eigenvalue weighted by Gasteiger charge is 2.36. The van der Waals surface area contributed by atoms with Crippen molar-refractivity contribution in [2.24, 2.45) is 11.8 Å². The highest BCUT2D eigenvalue weighted by molar-refractivity contribution is 4.92. The van der Waals surface area contributed by atoms with Crippen molar-refractivity contribution in [3.63, 3.8) is 0 Å². The minimum atomic E-state index is 0.725. The van der Waals surface area contributed by atoms with Gasteiger partial charge in [-0.2, -0.15) is 0 Å². The monoisotopic (exact) mass is 266 g/mol. The van der Waals surface area contributed by atoms with Gasteiger partial charge in [-0.05, 0) is 57.9 Å². The lowest BCUT2D eigenvalue weighted by molar-refractivity contribution is 0.0267. The maximum Gasteiger partial charge on any atom is 0.0117 e. The average Bonchev–Trinajstić information content (AvgIpc) is 2.43. The molecule has 3 atom stereocenters. The molecular formula is C17H34N2. The molecule has 1 aliphatic heterocycles. The third-order valence-electron chi connectivity index (χ3n) is 5.97. The number of likely N-dealkylation sites (tertiary alicyclic amines) is 1. The predicted molar refractivity (Wildman–Crippen MR) is 83.5 cm³/mol. The fraction of sp³-hybridized carbons (Fsp3) is 1.00. The molecule has 0 bridgehead atoms. The topological polar surface area (TPSA) is 15.3 Å². The van der Waals surface area contributed by atoms with Gasteiger partial charge in [0.15, 0.2) is 0 Å². The Hall–Kier alpha value is -0.0800. The summed E-state index contributed by atoms with van der Waals surface area (Å²) < 4.78 is 0. The van der Waals surface area contributed by atoms with Gasteiger partial charge in [-0.3, -0.25) is 4.90 Å². The van der Waals surface area contributed by atoms with Crippen LogP contribution in [0.4, 0.5) is 0 Å². The molecule has 0 spiro atoms. The summed E-state index contributed by atoms with van der Waals surface area (Å²) in [5, 5.41) is 3.50. The van der Waals surface area contributed by atoms with E-state index in [0.29, 0.717) is 0 Å². The van der Waals surface area contributed by atoms with E-state index in [1.54, 1.807) is 0 Å². The number of nitrogens with one attached hydrogen (secondary N) is 1. The fourth-order valence-electron chi connectivity index (χ4n) is 4.49. The first-order chi connectivity index (χ1) is 9.17. The molecule has 0 amide bonds. The summed E-state index contributed by atoms with van der Waals surface area (Å²) >= 11 is 0. The first-order valence-corrected chi connectivity index (χ1v) is 8.60. The lowest BCUT2D eigenvalue weighted by Gasteiger charge is -2.48. The van der Waals surface area contributed by atoms with Crippen molar-refractivity contribution in [3.8, 4) is 0 Å². The SMILES string of the molecule is CCCC1CCC(N2CCC(NC)C(C)C2C)CC1. The number of nitrogens with zero attached hydrogens (tertiary/aromatic N) is 1. The zero-order valence-electron chi connectivity index (χ0n) is 13.5. The van der Waals surface area contributed by atoms with Crippen molar-refractivity contribution < 1.29 is 0 Å². The summed E-state index contributed by atoms with van der Waals surface area (Å²) in [6.45, 7) is 8.52. The Bertz CT molecular complexity index is 258. The minimum absolute atomic E-state index is 0.725. The van der Waals surface area contributed by atoms with Gasteiger partial charge in [0, 0.05) is 24.7 Å². The first kappa shape index (κ1) is 15.3. The summed E-state index contributed by atoms with van der Waals surface area (Å²) in [5.74, 6) is 1.82. The van der Waals surface area contributed by atoms with Crippen LogP contribution in [0.5, 0.6) is 0 Å². The van der Waals surface area contributed by atoms with E-state index in [1.165, 1.54) is 51.5 Å². The molecule has 2 nitrogen and oxygen atoms in total. The molecule has 112 valence electrons. The van der Waals surface area contributed by atoms with E-state index in [0.717, 1.165) is 30.0 Å². The number of hydrogen-bond acceptors (Lipinski definition) is 2. The lowest BCUT2D eigenvalue weighted by atomic mass is 9.80. The fourth-order valence-corrected chi connectivity index (χ4v) is 4.49. The maximum atomic E-state index is 3.50. The Balaban J connectivity index is 1.86. The molecule has 1 N–H and O–H groups in total. The van der Waals surface area contributed by atoms with Gasteiger partial charge in [0.05, 0.1) is 0 Å². The molecule has 1 heterocycles. The number of hydrogen-bond donors (Lipinski definition) is 1. The Morgan fingerprint density at radius 2 is 1.74 bits per heavy atom. The van der Waals surface area contributed by atoms with Gasteiger partial charge in [-0.15, -0.1) is 0 Å². The first-order valence-electron chi connectivity index (χ1n) is 8.60. The Kier molecular flexibility index (Phi) is 5.70. The van der Waals surface area contributed by atoms with Crippen LogP contribution in [0.15, 0.2) is 0 Å². The highest BCUT2D eigenvalue weighted by Crippen LogP contribution is 2.34. The molecular weight excluding hydrogens is 232 g/mol. The molecule has 0 aromatic rings. The van der Waals surface area contributed by atoms with Crippen molar-refractivity contribution in [2.75, 3.05) is 13.6 Å². The van der Waals surface area contributed by atoms with Crippen LogP contribution in [0.1, 0.15) is 65.7 Å². The van der Waals surface area contributed by atoms with E-state index in [4.69, 9.17) is 0 Å². The third kappa shape index (κ3) is 3.52. The van der Waals surface area contributed by atoms with Crippen LogP contribution in [0.3, 0.4) is 0 Å². The summed E-state index contributed by atoms with van der Waals surface area (Å²) in [6.07, 6.45) is 10.0. The van der Waals surface area contributed by atoms with Crippen LogP contribution >= 0.6 is 0 Å². The van der Waals surface area contributed by atoms with Crippen LogP contribution in [-0.4, -0.2) is 36.6 Å². The van der Waals surface area contributed by atoms with Crippen LogP contribution in [0.2, 0.25) is 0 Å². The lowest BCUT2D eigenvalue weighted by Crippen LogP contribution is -2.56. The van der Waals surface area contributed by atoms with Crippen molar-refractivity contribution >= 4 is 0 Å². The number of piperidine rings is 1. The molecule has 1 saturated heterocycles. The second-order valence-electron chi connectivity index (χ2n) is 6.98. The molecule has 0 radical (unpaired) electrons. The molecule has 1 saturated carbocycles. The van der Waals surface area contributed by atoms with E-state index >= 15 is 0 Å². The van der Waals surface area contributed by atoms with Gasteiger partial charge in [0.2, 0.25) is 0 Å². The Morgan fingerprint density at radius 1 is 1.05 bits per heavy atom. The standard InChI is InChI=1S/C17H34N2/c1-5-6-15-7-9-16(10-8-15)19-12-11-17(18-4)13(2)14(19)3/h13-18H,5-12H2,1-4H3. The van der Waals surface area contributed by atoms with Gasteiger partial charge < -0.3 is 5.32 Å². The molecule has 19 heavy (non-hydrogen) atoms. The zero-order valence-corrected chi connectivity index (χ0v) is 13.5. The van der Waals surface area contributed by atoms with E-state index in [-0.39, 0.29) is 0 Å². The third-order valence-corrected chi connectivity index (χ3v) is 5.97. The largest absolute Gasteiger partial charge is 0.317 e. The van der Waals surface area contributed by atoms with Crippen molar-refractivity contribution in [2.45, 2.75) is 83.8 Å². The molecule has 2 rings (SSSR count). The normalized spacial score (nSPS) is 41.4. The van der Waals surface area contributed by atoms with E-state index < -0.39 is 0 Å². The molecule has 2 aliphatic rings. The van der Waals surface area contributed by atoms with Gasteiger partial charge in [0.25, 0.3) is 0 Å². The van der Waals surface area contributed by atoms with Crippen LogP contribution in [0.25, 0.3) is 0 Å². The molecule has 0 aromatic carbocycles. The Labute approximate surface area is 120 Å². The molecule has 2 fully saturated rings. The van der Waals surface area contributed by atoms with E-state index in [9.17, 15) is 0 Å². The summed E-state index contributed by atoms with van der Waals surface area (Å²) in [5.41, 5.74) is 0. The van der Waals surface area contributed by atoms with Crippen molar-refractivity contribution in [1.29, 1.82) is 0 Å². The Morgan fingerprint density at radius 3 is 2.32 bits per heavy atom. The van der Waals surface area contributed by atoms with Crippen LogP contribution < -0.4 is 5.32 Å². The maximum absolute atomic E-state index is 3.50. The summed E-state index contributed by atoms with van der Waals surface area (Å²) in [6, 6.07) is 2.35. The van der Waals surface area contributed by atoms with Crippen LogP contribution in [0, 0.1) is 11.8 Å². The second-order valence-corrected chi connectivity index (χ2v) is 6.98. The van der Waals surface area contributed by atoms with Crippen molar-refractivity contribution in [3.05, 3.63) is 0 Å². The molecule has 3 unspecified atom stereocenters. The quantitative estimate of drug-likeness (QED) is 0.835. The smallest absolute Gasteiger partial charge is 0.0117 e. The van der Waals surface area contributed by atoms with E-state index in [2.05, 4.69) is 38.0 Å².